The molecule has 2 heterocycles. The smallest absolute Gasteiger partial charge is 0.270 e. The van der Waals surface area contributed by atoms with E-state index in [1.54, 1.807) is 20.1 Å². The SMILES string of the molecule is COCCN1CCCC(CNC(=O)c2cc(C)nc(N)n2)C1. The lowest BCUT2D eigenvalue weighted by atomic mass is 9.98. The number of carbonyl (C=O) groups is 1. The van der Waals surface area contributed by atoms with Gasteiger partial charge in [0.1, 0.15) is 5.69 Å². The molecule has 1 unspecified atom stereocenters. The van der Waals surface area contributed by atoms with Gasteiger partial charge in [0.05, 0.1) is 6.61 Å². The molecule has 0 radical (unpaired) electrons. The van der Waals surface area contributed by atoms with Crippen molar-refractivity contribution in [2.24, 2.45) is 5.92 Å². The number of aryl methyl sites for hydroxylation is 1. The van der Waals surface area contributed by atoms with Crippen LogP contribution in [0.15, 0.2) is 6.07 Å². The Kier molecular flexibility index (Phi) is 6.09. The van der Waals surface area contributed by atoms with E-state index in [9.17, 15) is 4.79 Å². The number of ether oxygens (including phenoxy) is 1. The number of rotatable bonds is 6. The molecule has 1 saturated heterocycles. The van der Waals surface area contributed by atoms with E-state index in [0.717, 1.165) is 39.1 Å². The van der Waals surface area contributed by atoms with Gasteiger partial charge in [-0.05, 0) is 38.3 Å². The molecule has 7 heteroatoms. The summed E-state index contributed by atoms with van der Waals surface area (Å²) in [5, 5.41) is 2.96. The van der Waals surface area contributed by atoms with Crippen molar-refractivity contribution in [3.05, 3.63) is 17.5 Å². The standard InChI is InChI=1S/C15H25N5O2/c1-11-8-13(19-15(16)18-11)14(21)17-9-12-4-3-5-20(10-12)6-7-22-2/h8,12H,3-7,9-10H2,1-2H3,(H,17,21)(H2,16,18,19). The summed E-state index contributed by atoms with van der Waals surface area (Å²) in [5.74, 6) is 0.412. The molecule has 0 aliphatic carbocycles. The van der Waals surface area contributed by atoms with Crippen molar-refractivity contribution in [1.29, 1.82) is 0 Å². The van der Waals surface area contributed by atoms with Gasteiger partial charge in [-0.15, -0.1) is 0 Å². The van der Waals surface area contributed by atoms with Crippen LogP contribution < -0.4 is 11.1 Å². The zero-order valence-electron chi connectivity index (χ0n) is 13.3. The van der Waals surface area contributed by atoms with E-state index in [0.29, 0.717) is 23.9 Å². The van der Waals surface area contributed by atoms with Gasteiger partial charge in [0.25, 0.3) is 5.91 Å². The van der Waals surface area contributed by atoms with Gasteiger partial charge in [0.15, 0.2) is 0 Å². The molecular weight excluding hydrogens is 282 g/mol. The van der Waals surface area contributed by atoms with Crippen LogP contribution in [0.25, 0.3) is 0 Å². The number of anilines is 1. The summed E-state index contributed by atoms with van der Waals surface area (Å²) >= 11 is 0. The van der Waals surface area contributed by atoms with E-state index in [1.807, 2.05) is 0 Å². The minimum atomic E-state index is -0.189. The molecule has 1 aromatic rings. The van der Waals surface area contributed by atoms with E-state index in [4.69, 9.17) is 10.5 Å². The lowest BCUT2D eigenvalue weighted by Gasteiger charge is -2.32. The summed E-state index contributed by atoms with van der Waals surface area (Å²) in [6, 6.07) is 1.65. The fourth-order valence-electron chi connectivity index (χ4n) is 2.78. The number of hydrogen-bond acceptors (Lipinski definition) is 6. The number of amides is 1. The maximum atomic E-state index is 12.2. The number of piperidine rings is 1. The molecular formula is C15H25N5O2. The predicted octanol–water partition coefficient (Wildman–Crippen LogP) is 0.455. The molecule has 22 heavy (non-hydrogen) atoms. The molecule has 122 valence electrons. The van der Waals surface area contributed by atoms with Crippen LogP contribution in [0.1, 0.15) is 29.0 Å². The first-order valence-electron chi connectivity index (χ1n) is 7.69. The van der Waals surface area contributed by atoms with E-state index < -0.39 is 0 Å². The number of carbonyl (C=O) groups excluding carboxylic acids is 1. The second-order valence-corrected chi connectivity index (χ2v) is 5.76. The number of aromatic nitrogens is 2. The summed E-state index contributed by atoms with van der Waals surface area (Å²) in [6.45, 7) is 6.25. The summed E-state index contributed by atoms with van der Waals surface area (Å²) in [5.41, 5.74) is 6.61. The largest absolute Gasteiger partial charge is 0.383 e. The Labute approximate surface area is 131 Å². The average Bonchev–Trinajstić information content (AvgIpc) is 2.50. The number of hydrogen-bond donors (Lipinski definition) is 2. The molecule has 3 N–H and O–H groups in total. The molecule has 0 spiro atoms. The molecule has 0 bridgehead atoms. The third-order valence-corrected chi connectivity index (χ3v) is 3.87. The van der Waals surface area contributed by atoms with Crippen LogP contribution in [0.4, 0.5) is 5.95 Å². The van der Waals surface area contributed by atoms with Gasteiger partial charge in [-0.1, -0.05) is 0 Å². The van der Waals surface area contributed by atoms with Crippen molar-refractivity contribution in [2.45, 2.75) is 19.8 Å². The monoisotopic (exact) mass is 307 g/mol. The first kappa shape index (κ1) is 16.6. The van der Waals surface area contributed by atoms with Gasteiger partial charge in [-0.25, -0.2) is 9.97 Å². The Balaban J connectivity index is 1.82. The Morgan fingerprint density at radius 3 is 3.09 bits per heavy atom. The van der Waals surface area contributed by atoms with Gasteiger partial charge in [-0.2, -0.15) is 0 Å². The Morgan fingerprint density at radius 1 is 1.55 bits per heavy atom. The number of nitrogens with one attached hydrogen (secondary N) is 1. The van der Waals surface area contributed by atoms with Crippen molar-refractivity contribution in [1.82, 2.24) is 20.2 Å². The Morgan fingerprint density at radius 2 is 2.36 bits per heavy atom. The van der Waals surface area contributed by atoms with Crippen LogP contribution in [-0.2, 0) is 4.74 Å². The van der Waals surface area contributed by atoms with Crippen LogP contribution in [0, 0.1) is 12.8 Å². The molecule has 1 amide bonds. The first-order valence-corrected chi connectivity index (χ1v) is 7.69. The maximum Gasteiger partial charge on any atom is 0.270 e. The topological polar surface area (TPSA) is 93.4 Å². The molecule has 0 saturated carbocycles. The second kappa shape index (κ2) is 8.05. The highest BCUT2D eigenvalue weighted by molar-refractivity contribution is 5.92. The number of methoxy groups -OCH3 is 1. The highest BCUT2D eigenvalue weighted by Crippen LogP contribution is 2.15. The van der Waals surface area contributed by atoms with E-state index in [1.165, 1.54) is 0 Å². The van der Waals surface area contributed by atoms with Gasteiger partial charge in [0, 0.05) is 32.4 Å². The quantitative estimate of drug-likeness (QED) is 0.793. The lowest BCUT2D eigenvalue weighted by molar-refractivity contribution is 0.0908. The van der Waals surface area contributed by atoms with Gasteiger partial charge in [0.2, 0.25) is 5.95 Å². The van der Waals surface area contributed by atoms with Crippen LogP contribution in [-0.4, -0.2) is 60.7 Å². The summed E-state index contributed by atoms with van der Waals surface area (Å²) in [6.07, 6.45) is 2.29. The summed E-state index contributed by atoms with van der Waals surface area (Å²) < 4.78 is 5.12. The maximum absolute atomic E-state index is 12.2. The van der Waals surface area contributed by atoms with Gasteiger partial charge >= 0.3 is 0 Å². The zero-order valence-corrected chi connectivity index (χ0v) is 13.3. The molecule has 7 nitrogen and oxygen atoms in total. The number of nitrogens with zero attached hydrogens (tertiary/aromatic N) is 3. The van der Waals surface area contributed by atoms with Crippen LogP contribution in [0.5, 0.6) is 0 Å². The third kappa shape index (κ3) is 4.92. The van der Waals surface area contributed by atoms with Gasteiger partial charge < -0.3 is 20.7 Å². The number of nitrogen functional groups attached to an aromatic ring is 1. The summed E-state index contributed by atoms with van der Waals surface area (Å²) in [4.78, 5) is 22.5. The Hall–Kier alpha value is -1.73. The molecule has 1 aromatic heterocycles. The van der Waals surface area contributed by atoms with Crippen LogP contribution >= 0.6 is 0 Å². The molecule has 1 aliphatic heterocycles. The summed E-state index contributed by atoms with van der Waals surface area (Å²) in [7, 11) is 1.72. The fraction of sp³-hybridized carbons (Fsp3) is 0.667. The second-order valence-electron chi connectivity index (χ2n) is 5.76. The van der Waals surface area contributed by atoms with Crippen molar-refractivity contribution in [3.63, 3.8) is 0 Å². The van der Waals surface area contributed by atoms with E-state index >= 15 is 0 Å². The normalized spacial score (nSPS) is 19.1. The minimum absolute atomic E-state index is 0.133. The predicted molar refractivity (Wildman–Crippen MR) is 84.6 cm³/mol. The lowest BCUT2D eigenvalue weighted by Crippen LogP contribution is -2.42. The van der Waals surface area contributed by atoms with Crippen molar-refractivity contribution < 1.29 is 9.53 Å². The van der Waals surface area contributed by atoms with Crippen molar-refractivity contribution in [2.75, 3.05) is 45.6 Å². The Bertz CT molecular complexity index is 488. The molecule has 1 atom stereocenters. The average molecular weight is 307 g/mol. The molecule has 0 aromatic carbocycles. The van der Waals surface area contributed by atoms with E-state index in [-0.39, 0.29) is 11.9 Å². The first-order chi connectivity index (χ1) is 10.6. The van der Waals surface area contributed by atoms with E-state index in [2.05, 4.69) is 20.2 Å². The minimum Gasteiger partial charge on any atom is -0.383 e. The molecule has 1 aliphatic rings. The number of likely N-dealkylation sites (tertiary alicyclic amines) is 1. The molecule has 1 fully saturated rings. The zero-order chi connectivity index (χ0) is 15.9. The molecule has 2 rings (SSSR count). The van der Waals surface area contributed by atoms with Gasteiger partial charge in [-0.3, -0.25) is 4.79 Å². The number of nitrogens with two attached hydrogens (primary N) is 1. The highest BCUT2D eigenvalue weighted by Gasteiger charge is 2.20. The van der Waals surface area contributed by atoms with Crippen molar-refractivity contribution >= 4 is 11.9 Å². The third-order valence-electron chi connectivity index (χ3n) is 3.87. The van der Waals surface area contributed by atoms with Crippen molar-refractivity contribution in [3.8, 4) is 0 Å². The fourth-order valence-corrected chi connectivity index (χ4v) is 2.78. The van der Waals surface area contributed by atoms with Crippen LogP contribution in [0.2, 0.25) is 0 Å². The highest BCUT2D eigenvalue weighted by atomic mass is 16.5. The van der Waals surface area contributed by atoms with Crippen LogP contribution in [0.3, 0.4) is 0 Å².